The SMILES string of the molecule is Cc1ccc([C@H](C)NC(=O)[C@@H]2CN(S(C)(=O)=O)c3cc(Cl)ccc3O2)cc1. The third kappa shape index (κ3) is 4.36. The Hall–Kier alpha value is -2.25. The zero-order valence-electron chi connectivity index (χ0n) is 15.3. The number of fused-ring (bicyclic) bond motifs is 1. The molecule has 2 aromatic carbocycles. The quantitative estimate of drug-likeness (QED) is 0.843. The van der Waals surface area contributed by atoms with Gasteiger partial charge in [-0.25, -0.2) is 8.42 Å². The number of aryl methyl sites for hydroxylation is 1. The van der Waals surface area contributed by atoms with Crippen LogP contribution in [0.4, 0.5) is 5.69 Å². The molecule has 0 unspecified atom stereocenters. The van der Waals surface area contributed by atoms with Crippen LogP contribution < -0.4 is 14.4 Å². The van der Waals surface area contributed by atoms with Crippen molar-refractivity contribution in [3.8, 4) is 5.75 Å². The number of hydrogen-bond donors (Lipinski definition) is 1. The van der Waals surface area contributed by atoms with Gasteiger partial charge in [-0.3, -0.25) is 9.10 Å². The van der Waals surface area contributed by atoms with Crippen LogP contribution in [0.3, 0.4) is 0 Å². The summed E-state index contributed by atoms with van der Waals surface area (Å²) in [6, 6.07) is 12.3. The highest BCUT2D eigenvalue weighted by Gasteiger charge is 2.35. The Bertz CT molecular complexity index is 960. The molecule has 1 heterocycles. The topological polar surface area (TPSA) is 75.7 Å². The van der Waals surface area contributed by atoms with Crippen LogP contribution in [0, 0.1) is 6.92 Å². The van der Waals surface area contributed by atoms with Gasteiger partial charge in [-0.2, -0.15) is 0 Å². The lowest BCUT2D eigenvalue weighted by atomic mass is 10.1. The number of benzene rings is 2. The molecule has 0 radical (unpaired) electrons. The van der Waals surface area contributed by atoms with Crippen molar-refractivity contribution in [1.29, 1.82) is 0 Å². The number of nitrogens with zero attached hydrogens (tertiary/aromatic N) is 1. The van der Waals surface area contributed by atoms with E-state index in [2.05, 4.69) is 5.32 Å². The van der Waals surface area contributed by atoms with Crippen molar-refractivity contribution in [1.82, 2.24) is 5.32 Å². The van der Waals surface area contributed by atoms with E-state index in [1.54, 1.807) is 12.1 Å². The van der Waals surface area contributed by atoms with E-state index in [-0.39, 0.29) is 18.5 Å². The zero-order valence-corrected chi connectivity index (χ0v) is 16.8. The first kappa shape index (κ1) is 19.5. The summed E-state index contributed by atoms with van der Waals surface area (Å²) >= 11 is 5.98. The van der Waals surface area contributed by atoms with Crippen LogP contribution >= 0.6 is 11.6 Å². The summed E-state index contributed by atoms with van der Waals surface area (Å²) < 4.78 is 31.3. The van der Waals surface area contributed by atoms with Crippen molar-refractivity contribution in [3.05, 3.63) is 58.6 Å². The van der Waals surface area contributed by atoms with E-state index < -0.39 is 16.1 Å². The Balaban J connectivity index is 1.81. The molecule has 0 aliphatic carbocycles. The van der Waals surface area contributed by atoms with Crippen molar-refractivity contribution in [2.45, 2.75) is 26.0 Å². The smallest absolute Gasteiger partial charge is 0.263 e. The summed E-state index contributed by atoms with van der Waals surface area (Å²) in [7, 11) is -3.59. The van der Waals surface area contributed by atoms with Gasteiger partial charge in [-0.05, 0) is 37.6 Å². The third-order valence-electron chi connectivity index (χ3n) is 4.42. The second kappa shape index (κ2) is 7.40. The van der Waals surface area contributed by atoms with Crippen molar-refractivity contribution >= 4 is 33.2 Å². The first-order valence-corrected chi connectivity index (χ1v) is 10.7. The average Bonchev–Trinajstić information content (AvgIpc) is 2.60. The van der Waals surface area contributed by atoms with Gasteiger partial charge in [0.1, 0.15) is 5.75 Å². The zero-order chi connectivity index (χ0) is 19.8. The van der Waals surface area contributed by atoms with Crippen LogP contribution in [-0.2, 0) is 14.8 Å². The summed E-state index contributed by atoms with van der Waals surface area (Å²) in [5.74, 6) is -0.0726. The Labute approximate surface area is 164 Å². The van der Waals surface area contributed by atoms with Crippen LogP contribution in [0.2, 0.25) is 5.02 Å². The van der Waals surface area contributed by atoms with Gasteiger partial charge >= 0.3 is 0 Å². The number of ether oxygens (including phenoxy) is 1. The highest BCUT2D eigenvalue weighted by Crippen LogP contribution is 2.37. The molecule has 0 fully saturated rings. The van der Waals surface area contributed by atoms with E-state index in [0.29, 0.717) is 16.5 Å². The number of halogens is 1. The maximum Gasteiger partial charge on any atom is 0.263 e. The Morgan fingerprint density at radius 3 is 2.56 bits per heavy atom. The fraction of sp³-hybridized carbons (Fsp3) is 0.316. The third-order valence-corrected chi connectivity index (χ3v) is 5.80. The highest BCUT2D eigenvalue weighted by molar-refractivity contribution is 7.92. The van der Waals surface area contributed by atoms with Gasteiger partial charge in [0.05, 0.1) is 24.5 Å². The molecule has 0 bridgehead atoms. The largest absolute Gasteiger partial charge is 0.476 e. The Morgan fingerprint density at radius 1 is 1.26 bits per heavy atom. The molecule has 0 saturated heterocycles. The first-order chi connectivity index (χ1) is 12.6. The van der Waals surface area contributed by atoms with Crippen LogP contribution in [0.5, 0.6) is 5.75 Å². The van der Waals surface area contributed by atoms with Crippen LogP contribution in [-0.4, -0.2) is 33.2 Å². The number of sulfonamides is 1. The van der Waals surface area contributed by atoms with Gasteiger partial charge in [0.15, 0.2) is 6.10 Å². The molecular weight excluding hydrogens is 388 g/mol. The van der Waals surface area contributed by atoms with E-state index >= 15 is 0 Å². The molecule has 1 aliphatic rings. The molecule has 2 atom stereocenters. The minimum absolute atomic E-state index is 0.112. The van der Waals surface area contributed by atoms with Gasteiger partial charge in [-0.1, -0.05) is 41.4 Å². The summed E-state index contributed by atoms with van der Waals surface area (Å²) in [4.78, 5) is 12.7. The summed E-state index contributed by atoms with van der Waals surface area (Å²) in [5, 5.41) is 3.28. The minimum Gasteiger partial charge on any atom is -0.476 e. The second-order valence-corrected chi connectivity index (χ2v) is 9.00. The standard InChI is InChI=1S/C19H21ClN2O4S/c1-12-4-6-14(7-5-12)13(2)21-19(23)18-11-22(27(3,24)25)16-10-15(20)8-9-17(16)26-18/h4-10,13,18H,11H2,1-3H3,(H,21,23)/t13-,18-/m0/s1. The fourth-order valence-corrected chi connectivity index (χ4v) is 3.99. The molecule has 1 N–H and O–H groups in total. The molecule has 1 aliphatic heterocycles. The predicted octanol–water partition coefficient (Wildman–Crippen LogP) is 3.05. The molecule has 0 spiro atoms. The lowest BCUT2D eigenvalue weighted by Crippen LogP contribution is -2.50. The molecule has 27 heavy (non-hydrogen) atoms. The Kier molecular flexibility index (Phi) is 5.35. The van der Waals surface area contributed by atoms with Crippen molar-refractivity contribution < 1.29 is 17.9 Å². The van der Waals surface area contributed by atoms with E-state index in [9.17, 15) is 13.2 Å². The number of hydrogen-bond acceptors (Lipinski definition) is 4. The fourth-order valence-electron chi connectivity index (χ4n) is 2.92. The normalized spacial score (nSPS) is 17.6. The summed E-state index contributed by atoms with van der Waals surface area (Å²) in [5.41, 5.74) is 2.42. The molecule has 8 heteroatoms. The maximum atomic E-state index is 12.7. The predicted molar refractivity (Wildman–Crippen MR) is 106 cm³/mol. The summed E-state index contributed by atoms with van der Waals surface area (Å²) in [6.07, 6.45) is 0.133. The molecule has 0 saturated carbocycles. The number of carbonyl (C=O) groups is 1. The van der Waals surface area contributed by atoms with Crippen LogP contribution in [0.15, 0.2) is 42.5 Å². The Morgan fingerprint density at radius 2 is 1.93 bits per heavy atom. The van der Waals surface area contributed by atoms with E-state index in [4.69, 9.17) is 16.3 Å². The van der Waals surface area contributed by atoms with Crippen molar-refractivity contribution in [2.24, 2.45) is 0 Å². The lowest BCUT2D eigenvalue weighted by Gasteiger charge is -2.34. The van der Waals surface area contributed by atoms with Gasteiger partial charge in [-0.15, -0.1) is 0 Å². The van der Waals surface area contributed by atoms with E-state index in [1.165, 1.54) is 6.07 Å². The number of anilines is 1. The average molecular weight is 409 g/mol. The maximum absolute atomic E-state index is 12.7. The number of amides is 1. The second-order valence-electron chi connectivity index (χ2n) is 6.65. The molecule has 6 nitrogen and oxygen atoms in total. The van der Waals surface area contributed by atoms with Gasteiger partial charge < -0.3 is 10.1 Å². The van der Waals surface area contributed by atoms with Crippen molar-refractivity contribution in [2.75, 3.05) is 17.1 Å². The van der Waals surface area contributed by atoms with Crippen LogP contribution in [0.1, 0.15) is 24.1 Å². The number of nitrogens with one attached hydrogen (secondary N) is 1. The minimum atomic E-state index is -3.59. The molecule has 0 aromatic heterocycles. The molecule has 144 valence electrons. The van der Waals surface area contributed by atoms with Gasteiger partial charge in [0.25, 0.3) is 5.91 Å². The molecule has 3 rings (SSSR count). The van der Waals surface area contributed by atoms with Gasteiger partial charge in [0.2, 0.25) is 10.0 Å². The number of rotatable bonds is 4. The van der Waals surface area contributed by atoms with E-state index in [1.807, 2.05) is 38.1 Å². The van der Waals surface area contributed by atoms with Gasteiger partial charge in [0, 0.05) is 5.02 Å². The monoisotopic (exact) mass is 408 g/mol. The van der Waals surface area contributed by atoms with Crippen molar-refractivity contribution in [3.63, 3.8) is 0 Å². The lowest BCUT2D eigenvalue weighted by molar-refractivity contribution is -0.128. The van der Waals surface area contributed by atoms with E-state index in [0.717, 1.165) is 21.7 Å². The molecule has 2 aromatic rings. The number of carbonyl (C=O) groups excluding carboxylic acids is 1. The first-order valence-electron chi connectivity index (χ1n) is 8.46. The highest BCUT2D eigenvalue weighted by atomic mass is 35.5. The molecule has 1 amide bonds. The van der Waals surface area contributed by atoms with Crippen LogP contribution in [0.25, 0.3) is 0 Å². The molecular formula is C19H21ClN2O4S. The summed E-state index contributed by atoms with van der Waals surface area (Å²) in [6.45, 7) is 3.75.